The summed E-state index contributed by atoms with van der Waals surface area (Å²) < 4.78 is 5.41. The molecule has 118 valence electrons. The lowest BCUT2D eigenvalue weighted by atomic mass is 10.0. The fraction of sp³-hybridized carbons (Fsp3) is 0.588. The second-order valence-electron chi connectivity index (χ2n) is 6.37. The van der Waals surface area contributed by atoms with E-state index in [0.717, 1.165) is 17.8 Å². The lowest BCUT2D eigenvalue weighted by Gasteiger charge is -2.29. The number of carbonyl (C=O) groups is 1. The highest BCUT2D eigenvalue weighted by Gasteiger charge is 2.24. The van der Waals surface area contributed by atoms with E-state index in [0.29, 0.717) is 0 Å². The van der Waals surface area contributed by atoms with Gasteiger partial charge in [0.25, 0.3) is 0 Å². The van der Waals surface area contributed by atoms with Crippen molar-refractivity contribution in [3.05, 3.63) is 29.3 Å². The minimum absolute atomic E-state index is 0.0437. The molecule has 0 saturated heterocycles. The van der Waals surface area contributed by atoms with Crippen LogP contribution in [-0.2, 0) is 4.74 Å². The Morgan fingerprint density at radius 1 is 1.38 bits per heavy atom. The molecule has 0 saturated carbocycles. The van der Waals surface area contributed by atoms with Crippen molar-refractivity contribution in [1.82, 2.24) is 4.90 Å². The highest BCUT2D eigenvalue weighted by Crippen LogP contribution is 2.25. The number of hydrogen-bond donors (Lipinski definition) is 1. The summed E-state index contributed by atoms with van der Waals surface area (Å²) in [5, 5.41) is 3.34. The third-order valence-electron chi connectivity index (χ3n) is 3.37. The van der Waals surface area contributed by atoms with Crippen molar-refractivity contribution < 1.29 is 9.53 Å². The van der Waals surface area contributed by atoms with Crippen molar-refractivity contribution in [2.75, 3.05) is 18.9 Å². The van der Waals surface area contributed by atoms with Gasteiger partial charge in [0.15, 0.2) is 0 Å². The van der Waals surface area contributed by atoms with Gasteiger partial charge in [-0.15, -0.1) is 0 Å². The number of anilines is 1. The quantitative estimate of drug-likeness (QED) is 0.896. The highest BCUT2D eigenvalue weighted by atomic mass is 16.6. The van der Waals surface area contributed by atoms with Crippen molar-refractivity contribution in [2.24, 2.45) is 0 Å². The summed E-state index contributed by atoms with van der Waals surface area (Å²) in [6.45, 7) is 12.6. The van der Waals surface area contributed by atoms with Crippen LogP contribution in [0.3, 0.4) is 0 Å². The minimum Gasteiger partial charge on any atom is -0.444 e. The Balaban J connectivity index is 2.89. The maximum Gasteiger partial charge on any atom is 0.410 e. The molecule has 1 aromatic carbocycles. The number of benzene rings is 1. The Bertz CT molecular complexity index is 492. The lowest BCUT2D eigenvalue weighted by molar-refractivity contribution is 0.0234. The number of amides is 1. The summed E-state index contributed by atoms with van der Waals surface area (Å²) in [5.74, 6) is 0. The molecule has 21 heavy (non-hydrogen) atoms. The van der Waals surface area contributed by atoms with Gasteiger partial charge in [-0.1, -0.05) is 12.1 Å². The van der Waals surface area contributed by atoms with E-state index in [9.17, 15) is 4.79 Å². The number of nitrogens with zero attached hydrogens (tertiary/aromatic N) is 1. The number of carbonyl (C=O) groups excluding carboxylic acids is 1. The third kappa shape index (κ3) is 4.96. The molecule has 0 radical (unpaired) electrons. The van der Waals surface area contributed by atoms with E-state index in [4.69, 9.17) is 4.74 Å². The van der Waals surface area contributed by atoms with E-state index in [1.165, 1.54) is 5.56 Å². The van der Waals surface area contributed by atoms with Crippen molar-refractivity contribution >= 4 is 11.8 Å². The van der Waals surface area contributed by atoms with E-state index in [2.05, 4.69) is 37.4 Å². The van der Waals surface area contributed by atoms with Gasteiger partial charge in [0.05, 0.1) is 6.04 Å². The average molecular weight is 292 g/mol. The van der Waals surface area contributed by atoms with E-state index in [1.807, 2.05) is 27.7 Å². The Labute approximate surface area is 128 Å². The molecular weight excluding hydrogens is 264 g/mol. The smallest absolute Gasteiger partial charge is 0.410 e. The standard InChI is InChI=1S/C17H28N2O2/c1-8-18-15-11-14(10-9-12(15)2)13(3)19(7)16(20)21-17(4,5)6/h9-11,13,18H,8H2,1-7H3/t13-/m0/s1. The molecule has 4 heteroatoms. The molecule has 1 rings (SSSR count). The summed E-state index contributed by atoms with van der Waals surface area (Å²) in [7, 11) is 1.77. The first-order chi connectivity index (χ1) is 9.65. The number of hydrogen-bond acceptors (Lipinski definition) is 3. The highest BCUT2D eigenvalue weighted by molar-refractivity contribution is 5.68. The first-order valence-corrected chi connectivity index (χ1v) is 7.46. The second-order valence-corrected chi connectivity index (χ2v) is 6.37. The van der Waals surface area contributed by atoms with Crippen LogP contribution in [0.5, 0.6) is 0 Å². The zero-order chi connectivity index (χ0) is 16.2. The van der Waals surface area contributed by atoms with Gasteiger partial charge in [0.2, 0.25) is 0 Å². The van der Waals surface area contributed by atoms with Crippen LogP contribution in [0.15, 0.2) is 18.2 Å². The first kappa shape index (κ1) is 17.3. The summed E-state index contributed by atoms with van der Waals surface area (Å²) >= 11 is 0. The zero-order valence-electron chi connectivity index (χ0n) is 14.3. The van der Waals surface area contributed by atoms with Gasteiger partial charge in [-0.3, -0.25) is 0 Å². The van der Waals surface area contributed by atoms with Crippen LogP contribution in [0, 0.1) is 6.92 Å². The van der Waals surface area contributed by atoms with Crippen molar-refractivity contribution in [1.29, 1.82) is 0 Å². The molecule has 1 aromatic rings. The van der Waals surface area contributed by atoms with Gasteiger partial charge in [-0.2, -0.15) is 0 Å². The molecule has 4 nitrogen and oxygen atoms in total. The van der Waals surface area contributed by atoms with Crippen molar-refractivity contribution in [2.45, 2.75) is 53.2 Å². The van der Waals surface area contributed by atoms with Crippen molar-refractivity contribution in [3.63, 3.8) is 0 Å². The predicted molar refractivity (Wildman–Crippen MR) is 87.8 cm³/mol. The van der Waals surface area contributed by atoms with Crippen LogP contribution in [0.4, 0.5) is 10.5 Å². The summed E-state index contributed by atoms with van der Waals surface area (Å²) in [5.41, 5.74) is 2.92. The van der Waals surface area contributed by atoms with Crippen LogP contribution in [0.25, 0.3) is 0 Å². The average Bonchev–Trinajstić information content (AvgIpc) is 2.38. The molecule has 0 fully saturated rings. The predicted octanol–water partition coefficient (Wildman–Crippen LogP) is 4.35. The van der Waals surface area contributed by atoms with Crippen LogP contribution in [-0.4, -0.2) is 30.2 Å². The van der Waals surface area contributed by atoms with Crippen LogP contribution in [0.2, 0.25) is 0 Å². The Morgan fingerprint density at radius 3 is 2.52 bits per heavy atom. The number of ether oxygens (including phenoxy) is 1. The molecule has 0 heterocycles. The Kier molecular flexibility index (Phi) is 5.64. The monoisotopic (exact) mass is 292 g/mol. The van der Waals surface area contributed by atoms with E-state index < -0.39 is 5.60 Å². The first-order valence-electron chi connectivity index (χ1n) is 7.46. The van der Waals surface area contributed by atoms with Crippen LogP contribution < -0.4 is 5.32 Å². The number of rotatable bonds is 4. The van der Waals surface area contributed by atoms with Crippen molar-refractivity contribution in [3.8, 4) is 0 Å². The van der Waals surface area contributed by atoms with E-state index >= 15 is 0 Å². The molecule has 0 unspecified atom stereocenters. The number of nitrogens with one attached hydrogen (secondary N) is 1. The fourth-order valence-electron chi connectivity index (χ4n) is 2.00. The van der Waals surface area contributed by atoms with Gasteiger partial charge in [-0.05, 0) is 58.7 Å². The molecule has 0 aliphatic rings. The molecule has 1 N–H and O–H groups in total. The molecule has 1 amide bonds. The van der Waals surface area contributed by atoms with E-state index in [1.54, 1.807) is 11.9 Å². The molecule has 1 atom stereocenters. The lowest BCUT2D eigenvalue weighted by Crippen LogP contribution is -2.35. The second kappa shape index (κ2) is 6.83. The summed E-state index contributed by atoms with van der Waals surface area (Å²) in [6.07, 6.45) is -0.305. The summed E-state index contributed by atoms with van der Waals surface area (Å²) in [6, 6.07) is 6.19. The topological polar surface area (TPSA) is 41.6 Å². The molecule has 0 spiro atoms. The van der Waals surface area contributed by atoms with Crippen LogP contribution in [0.1, 0.15) is 51.8 Å². The fourth-order valence-corrected chi connectivity index (χ4v) is 2.00. The van der Waals surface area contributed by atoms with E-state index in [-0.39, 0.29) is 12.1 Å². The normalized spacial score (nSPS) is 12.7. The summed E-state index contributed by atoms with van der Waals surface area (Å²) in [4.78, 5) is 13.8. The maximum atomic E-state index is 12.1. The maximum absolute atomic E-state index is 12.1. The van der Waals surface area contributed by atoms with Gasteiger partial charge in [-0.25, -0.2) is 4.79 Å². The number of aryl methyl sites for hydroxylation is 1. The van der Waals surface area contributed by atoms with Gasteiger partial charge in [0, 0.05) is 19.3 Å². The Morgan fingerprint density at radius 2 is 2.00 bits per heavy atom. The largest absolute Gasteiger partial charge is 0.444 e. The molecule has 0 bridgehead atoms. The minimum atomic E-state index is -0.479. The molecule has 0 aliphatic heterocycles. The molecule has 0 aliphatic carbocycles. The van der Waals surface area contributed by atoms with Gasteiger partial charge < -0.3 is 15.0 Å². The van der Waals surface area contributed by atoms with Gasteiger partial charge in [0.1, 0.15) is 5.60 Å². The third-order valence-corrected chi connectivity index (χ3v) is 3.37. The van der Waals surface area contributed by atoms with Gasteiger partial charge >= 0.3 is 6.09 Å². The zero-order valence-corrected chi connectivity index (χ0v) is 14.3. The Hall–Kier alpha value is -1.71. The molecular formula is C17H28N2O2. The molecule has 0 aromatic heterocycles. The SMILES string of the molecule is CCNc1cc([C@H](C)N(C)C(=O)OC(C)(C)C)ccc1C. The van der Waals surface area contributed by atoms with Crippen LogP contribution >= 0.6 is 0 Å².